The van der Waals surface area contributed by atoms with Crippen molar-refractivity contribution in [3.8, 4) is 11.1 Å². The van der Waals surface area contributed by atoms with Crippen LogP contribution in [0.2, 0.25) is 0 Å². The minimum Gasteiger partial charge on any atom is -0.380 e. The van der Waals surface area contributed by atoms with Crippen LogP contribution < -0.4 is 5.32 Å². The molecule has 136 valence electrons. The van der Waals surface area contributed by atoms with Crippen molar-refractivity contribution in [3.63, 3.8) is 0 Å². The van der Waals surface area contributed by atoms with Crippen molar-refractivity contribution in [2.75, 3.05) is 0 Å². The minimum atomic E-state index is 0.0253. The first kappa shape index (κ1) is 17.6. The molecule has 0 radical (unpaired) electrons. The molecule has 0 saturated carbocycles. The van der Waals surface area contributed by atoms with Crippen molar-refractivity contribution in [2.45, 2.75) is 39.2 Å². The van der Waals surface area contributed by atoms with Gasteiger partial charge < -0.3 is 5.32 Å². The Morgan fingerprint density at radius 1 is 0.741 bits per heavy atom. The maximum atomic E-state index is 3.76. The lowest BCUT2D eigenvalue weighted by Crippen LogP contribution is -2.34. The Balaban J connectivity index is 1.87. The molecule has 0 heterocycles. The van der Waals surface area contributed by atoms with Crippen molar-refractivity contribution in [1.82, 2.24) is 5.32 Å². The number of benzene rings is 3. The quantitative estimate of drug-likeness (QED) is 0.558. The van der Waals surface area contributed by atoms with Crippen LogP contribution in [0.5, 0.6) is 0 Å². The van der Waals surface area contributed by atoms with Crippen molar-refractivity contribution in [2.24, 2.45) is 0 Å². The summed E-state index contributed by atoms with van der Waals surface area (Å²) in [5.41, 5.74) is 9.33. The van der Waals surface area contributed by atoms with Crippen LogP contribution in [0.1, 0.15) is 50.3 Å². The summed E-state index contributed by atoms with van der Waals surface area (Å²) in [4.78, 5) is 0. The molecule has 1 aliphatic carbocycles. The first-order valence-electron chi connectivity index (χ1n) is 9.68. The van der Waals surface area contributed by atoms with E-state index >= 15 is 0 Å². The number of rotatable bonds is 3. The van der Waals surface area contributed by atoms with Crippen LogP contribution >= 0.6 is 0 Å². The van der Waals surface area contributed by atoms with E-state index in [1.807, 2.05) is 0 Å². The average molecular weight is 354 g/mol. The Bertz CT molecular complexity index is 976. The smallest absolute Gasteiger partial charge is 0.0419 e. The summed E-state index contributed by atoms with van der Waals surface area (Å²) >= 11 is 0. The van der Waals surface area contributed by atoms with Gasteiger partial charge in [0.25, 0.3) is 0 Å². The normalized spacial score (nSPS) is 16.4. The topological polar surface area (TPSA) is 12.0 Å². The van der Waals surface area contributed by atoms with Crippen LogP contribution in [0.3, 0.4) is 0 Å². The molecule has 1 nitrogen and oxygen atoms in total. The molecule has 27 heavy (non-hydrogen) atoms. The van der Waals surface area contributed by atoms with Crippen LogP contribution in [0.25, 0.3) is 16.8 Å². The second kappa shape index (κ2) is 6.74. The molecule has 3 aromatic rings. The van der Waals surface area contributed by atoms with Gasteiger partial charge in [0, 0.05) is 22.7 Å². The average Bonchev–Trinajstić information content (AvgIpc) is 2.93. The summed E-state index contributed by atoms with van der Waals surface area (Å²) < 4.78 is 0. The molecule has 4 rings (SSSR count). The standard InChI is InChI=1S/C26H27N/c1-18-24(20-13-9-6-10-14-20)23-17-21(19-11-7-5-8-12-19)15-16-22(23)25(18)27-26(2,3)4/h5-17,24,27H,1-4H3. The summed E-state index contributed by atoms with van der Waals surface area (Å²) in [5, 5.41) is 3.76. The van der Waals surface area contributed by atoms with Crippen LogP contribution in [-0.4, -0.2) is 5.54 Å². The number of nitrogens with one attached hydrogen (secondary N) is 1. The van der Waals surface area contributed by atoms with E-state index in [0.717, 1.165) is 0 Å². The highest BCUT2D eigenvalue weighted by molar-refractivity contribution is 5.81. The lowest BCUT2D eigenvalue weighted by atomic mass is 9.87. The summed E-state index contributed by atoms with van der Waals surface area (Å²) in [7, 11) is 0. The van der Waals surface area contributed by atoms with Crippen molar-refractivity contribution < 1.29 is 0 Å². The highest BCUT2D eigenvalue weighted by Gasteiger charge is 2.31. The molecule has 0 bridgehead atoms. The fourth-order valence-corrected chi connectivity index (χ4v) is 4.05. The van der Waals surface area contributed by atoms with Gasteiger partial charge in [-0.2, -0.15) is 0 Å². The largest absolute Gasteiger partial charge is 0.380 e. The third-order valence-electron chi connectivity index (χ3n) is 5.20. The fourth-order valence-electron chi connectivity index (χ4n) is 4.05. The van der Waals surface area contributed by atoms with Gasteiger partial charge in [0.15, 0.2) is 0 Å². The summed E-state index contributed by atoms with van der Waals surface area (Å²) in [6, 6.07) is 28.4. The maximum Gasteiger partial charge on any atom is 0.0419 e. The Morgan fingerprint density at radius 3 is 2.00 bits per heavy atom. The van der Waals surface area contributed by atoms with Gasteiger partial charge in [-0.25, -0.2) is 0 Å². The first-order valence-corrected chi connectivity index (χ1v) is 9.68. The summed E-state index contributed by atoms with van der Waals surface area (Å²) in [6.07, 6.45) is 0. The van der Waals surface area contributed by atoms with E-state index in [4.69, 9.17) is 0 Å². The Hall–Kier alpha value is -2.80. The van der Waals surface area contributed by atoms with E-state index in [-0.39, 0.29) is 5.54 Å². The van der Waals surface area contributed by atoms with E-state index in [2.05, 4.69) is 112 Å². The van der Waals surface area contributed by atoms with Crippen molar-refractivity contribution in [3.05, 3.63) is 101 Å². The van der Waals surface area contributed by atoms with E-state index in [0.29, 0.717) is 5.92 Å². The lowest BCUT2D eigenvalue weighted by molar-refractivity contribution is 0.500. The molecule has 0 aliphatic heterocycles. The molecule has 0 spiro atoms. The van der Waals surface area contributed by atoms with E-state index in [1.165, 1.54) is 39.1 Å². The number of hydrogen-bond donors (Lipinski definition) is 1. The molecular formula is C26H27N. The van der Waals surface area contributed by atoms with Crippen molar-refractivity contribution in [1.29, 1.82) is 0 Å². The predicted octanol–water partition coefficient (Wildman–Crippen LogP) is 6.62. The molecule has 1 atom stereocenters. The number of fused-ring (bicyclic) bond motifs is 1. The Morgan fingerprint density at radius 2 is 1.37 bits per heavy atom. The number of allylic oxidation sites excluding steroid dienone is 1. The Labute approximate surface area is 162 Å². The van der Waals surface area contributed by atoms with Gasteiger partial charge >= 0.3 is 0 Å². The van der Waals surface area contributed by atoms with E-state index in [9.17, 15) is 0 Å². The molecule has 1 heteroatoms. The molecule has 3 aromatic carbocycles. The fraction of sp³-hybridized carbons (Fsp3) is 0.231. The zero-order valence-electron chi connectivity index (χ0n) is 16.6. The monoisotopic (exact) mass is 353 g/mol. The molecule has 0 saturated heterocycles. The molecule has 0 aromatic heterocycles. The van der Waals surface area contributed by atoms with Gasteiger partial charge in [-0.3, -0.25) is 0 Å². The molecule has 0 fully saturated rings. The molecule has 0 amide bonds. The Kier molecular flexibility index (Phi) is 4.39. The van der Waals surface area contributed by atoms with Gasteiger partial charge in [-0.15, -0.1) is 0 Å². The predicted molar refractivity (Wildman–Crippen MR) is 116 cm³/mol. The first-order chi connectivity index (χ1) is 12.9. The van der Waals surface area contributed by atoms with Crippen molar-refractivity contribution >= 4 is 5.70 Å². The van der Waals surface area contributed by atoms with Crippen LogP contribution in [0.4, 0.5) is 0 Å². The van der Waals surface area contributed by atoms with Crippen LogP contribution in [0.15, 0.2) is 84.4 Å². The van der Waals surface area contributed by atoms with Gasteiger partial charge in [0.05, 0.1) is 0 Å². The zero-order chi connectivity index (χ0) is 19.0. The van der Waals surface area contributed by atoms with Gasteiger partial charge in [0.2, 0.25) is 0 Å². The number of hydrogen-bond acceptors (Lipinski definition) is 1. The third-order valence-corrected chi connectivity index (χ3v) is 5.20. The SMILES string of the molecule is CC1=C(NC(C)(C)C)c2ccc(-c3ccccc3)cc2C1c1ccccc1. The second-order valence-corrected chi connectivity index (χ2v) is 8.44. The summed E-state index contributed by atoms with van der Waals surface area (Å²) in [6.45, 7) is 8.94. The molecule has 1 aliphatic rings. The summed E-state index contributed by atoms with van der Waals surface area (Å²) in [5.74, 6) is 0.301. The minimum absolute atomic E-state index is 0.0253. The molecular weight excluding hydrogens is 326 g/mol. The lowest BCUT2D eigenvalue weighted by Gasteiger charge is -2.24. The van der Waals surface area contributed by atoms with Crippen LogP contribution in [0, 0.1) is 0 Å². The highest BCUT2D eigenvalue weighted by atomic mass is 15.0. The van der Waals surface area contributed by atoms with Crippen LogP contribution in [-0.2, 0) is 0 Å². The van der Waals surface area contributed by atoms with E-state index in [1.54, 1.807) is 0 Å². The molecule has 1 N–H and O–H groups in total. The highest BCUT2D eigenvalue weighted by Crippen LogP contribution is 2.46. The van der Waals surface area contributed by atoms with Gasteiger partial charge in [-0.05, 0) is 61.6 Å². The third kappa shape index (κ3) is 3.42. The van der Waals surface area contributed by atoms with Gasteiger partial charge in [0.1, 0.15) is 0 Å². The van der Waals surface area contributed by atoms with Gasteiger partial charge in [-0.1, -0.05) is 72.8 Å². The molecule has 1 unspecified atom stereocenters. The maximum absolute atomic E-state index is 3.76. The second-order valence-electron chi connectivity index (χ2n) is 8.44. The zero-order valence-corrected chi connectivity index (χ0v) is 16.6. The van der Waals surface area contributed by atoms with E-state index < -0.39 is 0 Å².